The molecular weight excluding hydrogens is 1010 g/mol. The molecule has 4 heterocycles. The Morgan fingerprint density at radius 3 is 1.21 bits per heavy atom. The third-order valence-corrected chi connectivity index (χ3v) is 12.3. The lowest BCUT2D eigenvalue weighted by Crippen LogP contribution is -2.54. The van der Waals surface area contributed by atoms with Crippen LogP contribution in [0.5, 0.6) is 0 Å². The van der Waals surface area contributed by atoms with Crippen molar-refractivity contribution in [3.8, 4) is 0 Å². The quantitative estimate of drug-likeness (QED) is 0.0540. The molecule has 2 fully saturated rings. The van der Waals surface area contributed by atoms with Crippen LogP contribution in [0, 0.1) is 0 Å². The second-order valence-electron chi connectivity index (χ2n) is 17.8. The number of carbonyl (C=O) groups is 9. The fraction of sp³-hybridized carbons (Fsp3) is 0.596. The minimum atomic E-state index is -1.09. The summed E-state index contributed by atoms with van der Waals surface area (Å²) < 4.78 is 55.4. The lowest BCUT2D eigenvalue weighted by Gasteiger charge is -2.27. The van der Waals surface area contributed by atoms with Gasteiger partial charge in [-0.1, -0.05) is 18.6 Å². The molecule has 25 nitrogen and oxygen atoms in total. The Balaban J connectivity index is 0.618. The number of ether oxygens (including phenoxy) is 10. The highest BCUT2D eigenvalue weighted by molar-refractivity contribution is 6.27. The van der Waals surface area contributed by atoms with E-state index in [4.69, 9.17) is 47.4 Å². The zero-order valence-corrected chi connectivity index (χ0v) is 43.3. The first-order chi connectivity index (χ1) is 37.6. The maximum absolute atomic E-state index is 13.2. The van der Waals surface area contributed by atoms with Crippen molar-refractivity contribution in [3.05, 3.63) is 58.7 Å². The zero-order chi connectivity index (χ0) is 54.6. The molecule has 2 saturated heterocycles. The zero-order valence-electron chi connectivity index (χ0n) is 43.3. The normalized spacial score (nSPS) is 17.3. The van der Waals surface area contributed by atoms with Gasteiger partial charge < -0.3 is 58.0 Å². The van der Waals surface area contributed by atoms with E-state index >= 15 is 0 Å². The van der Waals surface area contributed by atoms with Gasteiger partial charge in [0, 0.05) is 38.1 Å². The number of hydrogen-bond acceptors (Lipinski definition) is 20. The molecule has 422 valence electrons. The fourth-order valence-electron chi connectivity index (χ4n) is 8.50. The Morgan fingerprint density at radius 1 is 0.442 bits per heavy atom. The molecule has 4 aliphatic heterocycles. The van der Waals surface area contributed by atoms with Crippen LogP contribution in [0.4, 0.5) is 11.4 Å². The summed E-state index contributed by atoms with van der Waals surface area (Å²) in [7, 11) is 0. The molecule has 4 N–H and O–H groups in total. The van der Waals surface area contributed by atoms with Gasteiger partial charge >= 0.3 is 0 Å². The van der Waals surface area contributed by atoms with Crippen molar-refractivity contribution in [1.82, 2.24) is 20.4 Å². The Bertz CT molecular complexity index is 2330. The number of hydrogen-bond donors (Lipinski definition) is 4. The molecule has 0 saturated carbocycles. The number of piperidine rings is 2. The highest BCUT2D eigenvalue weighted by Crippen LogP contribution is 2.34. The summed E-state index contributed by atoms with van der Waals surface area (Å²) in [4.78, 5) is 115. The molecule has 2 unspecified atom stereocenters. The average molecular weight is 1080 g/mol. The van der Waals surface area contributed by atoms with Gasteiger partial charge in [0.25, 0.3) is 23.6 Å². The van der Waals surface area contributed by atoms with Crippen molar-refractivity contribution in [2.75, 3.05) is 149 Å². The molecule has 0 spiro atoms. The molecule has 25 heteroatoms. The molecule has 0 aliphatic carbocycles. The van der Waals surface area contributed by atoms with Gasteiger partial charge in [0.2, 0.25) is 29.5 Å². The van der Waals surface area contributed by atoms with Crippen LogP contribution in [0.25, 0.3) is 0 Å². The first-order valence-corrected chi connectivity index (χ1v) is 26.1. The summed E-state index contributed by atoms with van der Waals surface area (Å²) in [6, 6.07) is 7.36. The van der Waals surface area contributed by atoms with Crippen molar-refractivity contribution in [2.24, 2.45) is 0 Å². The summed E-state index contributed by atoms with van der Waals surface area (Å²) in [5, 5.41) is 10.2. The maximum atomic E-state index is 13.2. The largest absolute Gasteiger partial charge is 0.382 e. The van der Waals surface area contributed by atoms with Crippen LogP contribution in [-0.4, -0.2) is 214 Å². The van der Waals surface area contributed by atoms with Crippen LogP contribution in [-0.2, 0) is 71.3 Å². The van der Waals surface area contributed by atoms with Crippen LogP contribution >= 0.6 is 0 Å². The minimum absolute atomic E-state index is 0.0185. The van der Waals surface area contributed by atoms with E-state index < -0.39 is 59.3 Å². The Kier molecular flexibility index (Phi) is 25.9. The number of carbonyl (C=O) groups excluding carboxylic acids is 9. The van der Waals surface area contributed by atoms with E-state index in [0.717, 1.165) is 22.6 Å². The van der Waals surface area contributed by atoms with Gasteiger partial charge in [-0.2, -0.15) is 0 Å². The maximum Gasteiger partial charge on any atom is 0.264 e. The van der Waals surface area contributed by atoms with Gasteiger partial charge in [-0.25, -0.2) is 0 Å². The summed E-state index contributed by atoms with van der Waals surface area (Å²) in [6.07, 6.45) is 2.51. The van der Waals surface area contributed by atoms with E-state index in [0.29, 0.717) is 151 Å². The van der Waals surface area contributed by atoms with Gasteiger partial charge in [0.15, 0.2) is 0 Å². The molecule has 2 aromatic carbocycles. The molecule has 0 bridgehead atoms. The molecule has 6 rings (SSSR count). The molecule has 77 heavy (non-hydrogen) atoms. The fourth-order valence-corrected chi connectivity index (χ4v) is 8.50. The third kappa shape index (κ3) is 18.8. The molecule has 9 amide bonds. The van der Waals surface area contributed by atoms with E-state index in [1.807, 2.05) is 0 Å². The van der Waals surface area contributed by atoms with Gasteiger partial charge in [-0.15, -0.1) is 0 Å². The molecular formula is C52H70N6O19. The van der Waals surface area contributed by atoms with Crippen molar-refractivity contribution >= 4 is 64.5 Å². The van der Waals surface area contributed by atoms with Crippen LogP contribution in [0.3, 0.4) is 0 Å². The molecule has 2 atom stereocenters. The molecule has 2 aromatic rings. The van der Waals surface area contributed by atoms with Crippen molar-refractivity contribution in [2.45, 2.75) is 63.5 Å². The molecule has 0 aromatic heterocycles. The first-order valence-electron chi connectivity index (χ1n) is 26.1. The van der Waals surface area contributed by atoms with E-state index in [9.17, 15) is 43.2 Å². The summed E-state index contributed by atoms with van der Waals surface area (Å²) in [5.41, 5.74) is 1.22. The highest BCUT2D eigenvalue weighted by atomic mass is 16.6. The van der Waals surface area contributed by atoms with Gasteiger partial charge in [0.05, 0.1) is 153 Å². The van der Waals surface area contributed by atoms with Gasteiger partial charge in [-0.05, 0) is 49.9 Å². The first kappa shape index (κ1) is 60.1. The average Bonchev–Trinajstić information content (AvgIpc) is 3.85. The van der Waals surface area contributed by atoms with Crippen molar-refractivity contribution in [1.29, 1.82) is 0 Å². The number of amides is 9. The van der Waals surface area contributed by atoms with Crippen molar-refractivity contribution in [3.63, 3.8) is 0 Å². The van der Waals surface area contributed by atoms with Crippen LogP contribution < -0.4 is 21.3 Å². The lowest BCUT2D eigenvalue weighted by atomic mass is 10.0. The minimum Gasteiger partial charge on any atom is -0.382 e. The number of anilines is 2. The van der Waals surface area contributed by atoms with E-state index in [2.05, 4.69) is 21.3 Å². The third-order valence-electron chi connectivity index (χ3n) is 12.3. The van der Waals surface area contributed by atoms with Gasteiger partial charge in [-0.3, -0.25) is 63.6 Å². The summed E-state index contributed by atoms with van der Waals surface area (Å²) in [5.74, 6) is -4.98. The van der Waals surface area contributed by atoms with E-state index in [1.165, 1.54) is 6.07 Å². The number of nitrogens with zero attached hydrogens (tertiary/aromatic N) is 2. The number of rotatable bonds is 40. The number of benzene rings is 2. The van der Waals surface area contributed by atoms with E-state index in [1.54, 1.807) is 30.3 Å². The Hall–Kier alpha value is -6.13. The SMILES string of the molecule is O=C1CCC(N2C(=O)c3cccc(NCCOCCOCCOCCOCCOCCOCCOCCOCCOCCOCCCCCC(=O)Nc4cccc5c4C(=O)N(C4CCC(=O)NC4=O)C5=O)c3C2=O)C(=O)N1. The lowest BCUT2D eigenvalue weighted by molar-refractivity contribution is -0.137. The van der Waals surface area contributed by atoms with Crippen LogP contribution in [0.1, 0.15) is 92.8 Å². The Morgan fingerprint density at radius 2 is 0.805 bits per heavy atom. The van der Waals surface area contributed by atoms with Crippen molar-refractivity contribution < 1.29 is 90.5 Å². The highest BCUT2D eigenvalue weighted by Gasteiger charge is 2.47. The molecule has 0 radical (unpaired) electrons. The smallest absolute Gasteiger partial charge is 0.264 e. The number of imide groups is 4. The standard InChI is InChI=1S/C52H70N6O19/c59-42(54-39-9-5-7-37-46(39)52(67)58(50(37)65)41-12-14-44(61)56-48(41)63)10-2-1-3-16-68-18-20-70-22-24-72-26-28-74-30-32-76-34-35-77-33-31-75-29-27-73-25-23-71-21-19-69-17-15-53-38-8-4-6-36-45(38)51(66)57(49(36)64)40-11-13-43(60)55-47(40)62/h4-9,40-41,53H,1-3,10-35H2,(H,54,59)(H,55,60,62)(H,56,61,63). The predicted octanol–water partition coefficient (Wildman–Crippen LogP) is 1.27. The second kappa shape index (κ2) is 33.2. The Labute approximate surface area is 445 Å². The summed E-state index contributed by atoms with van der Waals surface area (Å²) in [6.45, 7) is 8.75. The monoisotopic (exact) mass is 1080 g/mol. The number of unbranched alkanes of at least 4 members (excludes halogenated alkanes) is 2. The van der Waals surface area contributed by atoms with E-state index in [-0.39, 0.29) is 66.0 Å². The van der Waals surface area contributed by atoms with Crippen LogP contribution in [0.15, 0.2) is 36.4 Å². The topological polar surface area (TPSA) is 301 Å². The molecule has 4 aliphatic rings. The summed E-state index contributed by atoms with van der Waals surface area (Å²) >= 11 is 0. The number of fused-ring (bicyclic) bond motifs is 2. The second-order valence-corrected chi connectivity index (χ2v) is 17.8. The van der Waals surface area contributed by atoms with Gasteiger partial charge in [0.1, 0.15) is 12.1 Å². The van der Waals surface area contributed by atoms with Crippen LogP contribution in [0.2, 0.25) is 0 Å². The number of nitrogens with one attached hydrogen (secondary N) is 4. The predicted molar refractivity (Wildman–Crippen MR) is 270 cm³/mol.